The maximum atomic E-state index is 13.3. The largest absolute Gasteiger partial charge is 0.469 e. The molecule has 0 atom stereocenters. The van der Waals surface area contributed by atoms with Crippen LogP contribution in [0.25, 0.3) is 0 Å². The monoisotopic (exact) mass is 332 g/mol. The van der Waals surface area contributed by atoms with Gasteiger partial charge in [0.05, 0.1) is 17.0 Å². The molecule has 0 spiro atoms. The first-order valence-corrected chi connectivity index (χ1v) is 7.79. The van der Waals surface area contributed by atoms with Crippen LogP contribution in [-0.2, 0) is 16.6 Å². The third kappa shape index (κ3) is 3.04. The lowest BCUT2D eigenvalue weighted by atomic mass is 10.3. The lowest BCUT2D eigenvalue weighted by Crippen LogP contribution is -2.27. The molecule has 0 bridgehead atoms. The van der Waals surface area contributed by atoms with E-state index in [2.05, 4.69) is 0 Å². The number of nitrogen functional groups attached to an aromatic ring is 1. The number of aryl methyl sites for hydroxylation is 1. The van der Waals surface area contributed by atoms with Crippen LogP contribution in [0.4, 0.5) is 10.1 Å². The summed E-state index contributed by atoms with van der Waals surface area (Å²) < 4.78 is 44.5. The zero-order valence-corrected chi connectivity index (χ0v) is 13.0. The van der Waals surface area contributed by atoms with Crippen molar-refractivity contribution in [2.45, 2.75) is 18.4 Å². The summed E-state index contributed by atoms with van der Waals surface area (Å²) in [5, 5.41) is -0.211. The molecular weight excluding hydrogens is 319 g/mol. The van der Waals surface area contributed by atoms with E-state index in [1.807, 2.05) is 0 Å². The van der Waals surface area contributed by atoms with E-state index in [0.717, 1.165) is 22.0 Å². The van der Waals surface area contributed by atoms with E-state index >= 15 is 0 Å². The zero-order chi connectivity index (χ0) is 15.8. The fourth-order valence-corrected chi connectivity index (χ4v) is 3.48. The Morgan fingerprint density at radius 2 is 2.10 bits per heavy atom. The van der Waals surface area contributed by atoms with Crippen LogP contribution in [0.1, 0.15) is 11.3 Å². The second-order valence-corrected chi connectivity index (χ2v) is 6.99. The van der Waals surface area contributed by atoms with Crippen LogP contribution in [0.15, 0.2) is 33.8 Å². The Balaban J connectivity index is 2.38. The molecule has 21 heavy (non-hydrogen) atoms. The molecule has 1 aromatic heterocycles. The van der Waals surface area contributed by atoms with Gasteiger partial charge in [-0.25, -0.2) is 12.8 Å². The molecule has 0 aliphatic heterocycles. The van der Waals surface area contributed by atoms with Crippen LogP contribution < -0.4 is 5.73 Å². The Morgan fingerprint density at radius 1 is 1.43 bits per heavy atom. The predicted molar refractivity (Wildman–Crippen MR) is 77.9 cm³/mol. The number of nitrogens with zero attached hydrogens (tertiary/aromatic N) is 1. The van der Waals surface area contributed by atoms with E-state index < -0.39 is 15.8 Å². The molecule has 1 heterocycles. The van der Waals surface area contributed by atoms with Crippen molar-refractivity contribution in [1.29, 1.82) is 0 Å². The first kappa shape index (κ1) is 15.8. The number of nitrogens with two attached hydrogens (primary N) is 1. The Morgan fingerprint density at radius 3 is 2.67 bits per heavy atom. The van der Waals surface area contributed by atoms with Gasteiger partial charge in [0, 0.05) is 19.2 Å². The van der Waals surface area contributed by atoms with Gasteiger partial charge < -0.3 is 10.2 Å². The smallest absolute Gasteiger partial charge is 0.244 e. The molecule has 2 aromatic rings. The second-order valence-electron chi connectivity index (χ2n) is 4.57. The molecular formula is C13H14ClFN2O3S. The standard InChI is InChI=1S/C13H14ClFN2O3S/c1-8-9(3-4-20-8)7-17(2)21(18,19)13-6-12(16)11(15)5-10(13)14/h3-6H,7,16H2,1-2H3. The van der Waals surface area contributed by atoms with Gasteiger partial charge in [-0.1, -0.05) is 11.6 Å². The molecule has 0 radical (unpaired) electrons. The molecule has 0 unspecified atom stereocenters. The fourth-order valence-electron chi connectivity index (χ4n) is 1.81. The van der Waals surface area contributed by atoms with Crippen molar-refractivity contribution in [2.75, 3.05) is 12.8 Å². The summed E-state index contributed by atoms with van der Waals surface area (Å²) >= 11 is 5.82. The SMILES string of the molecule is Cc1occc1CN(C)S(=O)(=O)c1cc(N)c(F)cc1Cl. The quantitative estimate of drug-likeness (QED) is 0.873. The van der Waals surface area contributed by atoms with Crippen LogP contribution in [0.3, 0.4) is 0 Å². The number of sulfonamides is 1. The van der Waals surface area contributed by atoms with Crippen molar-refractivity contribution in [3.05, 3.63) is 46.6 Å². The molecule has 0 aliphatic rings. The van der Waals surface area contributed by atoms with Crippen molar-refractivity contribution < 1.29 is 17.2 Å². The van der Waals surface area contributed by atoms with Gasteiger partial charge in [0.25, 0.3) is 0 Å². The summed E-state index contributed by atoms with van der Waals surface area (Å²) in [6.07, 6.45) is 1.48. The normalized spacial score (nSPS) is 12.0. The van der Waals surface area contributed by atoms with Gasteiger partial charge >= 0.3 is 0 Å². The second kappa shape index (κ2) is 5.67. The molecule has 5 nitrogen and oxygen atoms in total. The molecule has 0 saturated heterocycles. The summed E-state index contributed by atoms with van der Waals surface area (Å²) in [5.74, 6) is -0.131. The summed E-state index contributed by atoms with van der Waals surface area (Å²) in [6.45, 7) is 1.84. The van der Waals surface area contributed by atoms with Crippen molar-refractivity contribution >= 4 is 27.3 Å². The highest BCUT2D eigenvalue weighted by Crippen LogP contribution is 2.29. The highest BCUT2D eigenvalue weighted by atomic mass is 35.5. The minimum Gasteiger partial charge on any atom is -0.469 e. The number of halogens is 2. The minimum atomic E-state index is -3.89. The van der Waals surface area contributed by atoms with Gasteiger partial charge in [-0.15, -0.1) is 0 Å². The first-order chi connectivity index (χ1) is 9.73. The number of anilines is 1. The van der Waals surface area contributed by atoms with E-state index in [1.54, 1.807) is 13.0 Å². The Kier molecular flexibility index (Phi) is 4.27. The third-order valence-corrected chi connectivity index (χ3v) is 5.37. The van der Waals surface area contributed by atoms with E-state index in [-0.39, 0.29) is 22.2 Å². The van der Waals surface area contributed by atoms with Crippen molar-refractivity contribution in [2.24, 2.45) is 0 Å². The topological polar surface area (TPSA) is 76.5 Å². The van der Waals surface area contributed by atoms with E-state index in [0.29, 0.717) is 5.76 Å². The van der Waals surface area contributed by atoms with Gasteiger partial charge in [0.1, 0.15) is 16.5 Å². The molecule has 8 heteroatoms. The van der Waals surface area contributed by atoms with E-state index in [1.165, 1.54) is 13.3 Å². The van der Waals surface area contributed by atoms with Crippen molar-refractivity contribution in [1.82, 2.24) is 4.31 Å². The third-order valence-electron chi connectivity index (χ3n) is 3.10. The fraction of sp³-hybridized carbons (Fsp3) is 0.231. The Bertz CT molecular complexity index is 774. The predicted octanol–water partition coefficient (Wildman–Crippen LogP) is 2.78. The van der Waals surface area contributed by atoms with Crippen LogP contribution in [0.5, 0.6) is 0 Å². The summed E-state index contributed by atoms with van der Waals surface area (Å²) in [6, 6.07) is 3.59. The number of furan rings is 1. The number of benzene rings is 1. The zero-order valence-electron chi connectivity index (χ0n) is 11.4. The minimum absolute atomic E-state index is 0.109. The lowest BCUT2D eigenvalue weighted by Gasteiger charge is -2.18. The number of hydrogen-bond acceptors (Lipinski definition) is 4. The van der Waals surface area contributed by atoms with Gasteiger partial charge in [-0.05, 0) is 25.1 Å². The first-order valence-electron chi connectivity index (χ1n) is 5.97. The molecule has 0 amide bonds. The van der Waals surface area contributed by atoms with Crippen molar-refractivity contribution in [3.8, 4) is 0 Å². The highest BCUT2D eigenvalue weighted by molar-refractivity contribution is 7.89. The maximum absolute atomic E-state index is 13.3. The molecule has 0 saturated carbocycles. The van der Waals surface area contributed by atoms with E-state index in [9.17, 15) is 12.8 Å². The highest BCUT2D eigenvalue weighted by Gasteiger charge is 2.25. The summed E-state index contributed by atoms with van der Waals surface area (Å²) in [7, 11) is -2.49. The van der Waals surface area contributed by atoms with Crippen LogP contribution >= 0.6 is 11.6 Å². The van der Waals surface area contributed by atoms with Crippen LogP contribution in [0.2, 0.25) is 5.02 Å². The van der Waals surface area contributed by atoms with Crippen LogP contribution in [0, 0.1) is 12.7 Å². The van der Waals surface area contributed by atoms with Gasteiger partial charge in [0.15, 0.2) is 0 Å². The number of rotatable bonds is 4. The molecule has 1 aromatic carbocycles. The van der Waals surface area contributed by atoms with Gasteiger partial charge in [-0.3, -0.25) is 0 Å². The van der Waals surface area contributed by atoms with Gasteiger partial charge in [0.2, 0.25) is 10.0 Å². The molecule has 2 rings (SSSR count). The molecule has 0 fully saturated rings. The summed E-state index contributed by atoms with van der Waals surface area (Å²) in [4.78, 5) is -0.230. The maximum Gasteiger partial charge on any atom is 0.244 e. The Hall–Kier alpha value is -1.57. The Labute approximate surface area is 127 Å². The average Bonchev–Trinajstić information content (AvgIpc) is 2.79. The molecule has 114 valence electrons. The summed E-state index contributed by atoms with van der Waals surface area (Å²) in [5.41, 5.74) is 5.87. The average molecular weight is 333 g/mol. The van der Waals surface area contributed by atoms with Gasteiger partial charge in [-0.2, -0.15) is 4.31 Å². The number of hydrogen-bond donors (Lipinski definition) is 1. The van der Waals surface area contributed by atoms with Crippen LogP contribution in [-0.4, -0.2) is 19.8 Å². The molecule has 2 N–H and O–H groups in total. The van der Waals surface area contributed by atoms with E-state index in [4.69, 9.17) is 21.8 Å². The molecule has 0 aliphatic carbocycles. The lowest BCUT2D eigenvalue weighted by molar-refractivity contribution is 0.459. The van der Waals surface area contributed by atoms with Crippen molar-refractivity contribution in [3.63, 3.8) is 0 Å².